The summed E-state index contributed by atoms with van der Waals surface area (Å²) in [7, 11) is -9.68. The van der Waals surface area contributed by atoms with E-state index < -0.39 is 42.0 Å². The Morgan fingerprint density at radius 3 is 2.41 bits per heavy atom. The highest BCUT2D eigenvalue weighted by molar-refractivity contribution is 7.86. The molecule has 1 aliphatic rings. The van der Waals surface area contributed by atoms with Crippen LogP contribution in [-0.2, 0) is 31.5 Å². The first-order valence-corrected chi connectivity index (χ1v) is 12.2. The van der Waals surface area contributed by atoms with E-state index in [1.54, 1.807) is 6.92 Å². The van der Waals surface area contributed by atoms with Crippen molar-refractivity contribution in [2.24, 2.45) is 15.3 Å². The van der Waals surface area contributed by atoms with Crippen LogP contribution in [0.25, 0.3) is 0 Å². The average molecular weight is 499 g/mol. The Morgan fingerprint density at radius 1 is 1.12 bits per heavy atom. The smallest absolute Gasteiger partial charge is 0.280 e. The number of anilines is 1. The summed E-state index contributed by atoms with van der Waals surface area (Å²) in [5, 5.41) is 12.6. The largest absolute Gasteiger partial charge is 0.744 e. The van der Waals surface area contributed by atoms with E-state index >= 15 is 0 Å². The van der Waals surface area contributed by atoms with E-state index in [1.807, 2.05) is 0 Å². The molecule has 2 aromatic rings. The minimum atomic E-state index is -4.93. The topological polar surface area (TPSA) is 172 Å². The molecule has 1 amide bonds. The van der Waals surface area contributed by atoms with E-state index in [0.29, 0.717) is 12.0 Å². The predicted octanol–water partition coefficient (Wildman–Crippen LogP) is 2.59. The molecule has 0 saturated carbocycles. The number of nitrogens with zero attached hydrogens (tertiary/aromatic N) is 4. The van der Waals surface area contributed by atoms with Crippen molar-refractivity contribution < 1.29 is 30.7 Å². The van der Waals surface area contributed by atoms with Crippen LogP contribution in [-0.4, -0.2) is 43.6 Å². The molecule has 14 heteroatoms. The molecule has 1 heterocycles. The van der Waals surface area contributed by atoms with Crippen molar-refractivity contribution in [3.05, 3.63) is 47.0 Å². The van der Waals surface area contributed by atoms with Crippen LogP contribution in [0.4, 0.5) is 11.4 Å². The minimum absolute atomic E-state index is 0.0200. The Kier molecular flexibility index (Phi) is 6.49. The quantitative estimate of drug-likeness (QED) is 0.434. The summed E-state index contributed by atoms with van der Waals surface area (Å²) in [5.74, 6) is -0.720. The van der Waals surface area contributed by atoms with Gasteiger partial charge in [0, 0.05) is 5.02 Å². The number of hydrogen-bond acceptors (Lipinski definition) is 10. The third-order valence-electron chi connectivity index (χ3n) is 4.51. The maximum Gasteiger partial charge on any atom is 0.280 e. The van der Waals surface area contributed by atoms with Crippen LogP contribution in [0.1, 0.15) is 19.4 Å². The number of halogens is 1. The molecule has 2 aromatic carbocycles. The standard InChI is InChI=1S/C18H17ClN4O7S2/c1-3-11-7-15(16(9-14(11)19)32(28,29)30)20-21-17-10(2)22-23(18(17)24)12-5-4-6-13(8-12)31(25,26)27/h4-9,17H,3H2,1-2H3,(H,25,26,27)(H,28,29,30)/p-2. The molecule has 0 N–H and O–H groups in total. The highest BCUT2D eigenvalue weighted by Gasteiger charge is 2.35. The van der Waals surface area contributed by atoms with Gasteiger partial charge in [-0.1, -0.05) is 24.6 Å². The van der Waals surface area contributed by atoms with Crippen molar-refractivity contribution in [1.82, 2.24) is 0 Å². The van der Waals surface area contributed by atoms with Gasteiger partial charge in [-0.15, -0.1) is 0 Å². The third-order valence-corrected chi connectivity index (χ3v) is 6.55. The van der Waals surface area contributed by atoms with E-state index in [4.69, 9.17) is 11.6 Å². The summed E-state index contributed by atoms with van der Waals surface area (Å²) < 4.78 is 68.5. The number of hydrogen-bond donors (Lipinski definition) is 0. The Hall–Kier alpha value is -2.71. The van der Waals surface area contributed by atoms with Gasteiger partial charge in [0.2, 0.25) is 0 Å². The first-order valence-electron chi connectivity index (χ1n) is 8.97. The lowest BCUT2D eigenvalue weighted by Crippen LogP contribution is -2.29. The Balaban J connectivity index is 1.97. The molecule has 1 aliphatic heterocycles. The van der Waals surface area contributed by atoms with Gasteiger partial charge in [-0.2, -0.15) is 20.3 Å². The van der Waals surface area contributed by atoms with Gasteiger partial charge < -0.3 is 9.11 Å². The molecule has 170 valence electrons. The average Bonchev–Trinajstić information content (AvgIpc) is 2.99. The van der Waals surface area contributed by atoms with Crippen molar-refractivity contribution in [3.8, 4) is 0 Å². The van der Waals surface area contributed by atoms with Gasteiger partial charge >= 0.3 is 0 Å². The molecule has 1 atom stereocenters. The van der Waals surface area contributed by atoms with E-state index in [2.05, 4.69) is 15.3 Å². The SMILES string of the molecule is CCc1cc(N=NC2C(=O)N(c3cccc(S(=O)(=O)[O-])c3)N=C2C)c(S(=O)(=O)[O-])cc1Cl. The summed E-state index contributed by atoms with van der Waals surface area (Å²) in [6.07, 6.45) is 0.427. The summed E-state index contributed by atoms with van der Waals surface area (Å²) in [5.41, 5.74) is 0.435. The van der Waals surface area contributed by atoms with Gasteiger partial charge in [-0.3, -0.25) is 4.79 Å². The molecule has 0 aliphatic carbocycles. The molecular weight excluding hydrogens is 484 g/mol. The maximum atomic E-state index is 12.8. The molecule has 32 heavy (non-hydrogen) atoms. The number of hydrazone groups is 1. The molecule has 0 saturated heterocycles. The van der Waals surface area contributed by atoms with Crippen molar-refractivity contribution in [2.75, 3.05) is 5.01 Å². The fraction of sp³-hybridized carbons (Fsp3) is 0.222. The highest BCUT2D eigenvalue weighted by Crippen LogP contribution is 2.32. The van der Waals surface area contributed by atoms with Crippen LogP contribution in [0.5, 0.6) is 0 Å². The first-order chi connectivity index (χ1) is 14.8. The van der Waals surface area contributed by atoms with Crippen LogP contribution in [0.15, 0.2) is 61.5 Å². The monoisotopic (exact) mass is 498 g/mol. The van der Waals surface area contributed by atoms with E-state index in [9.17, 15) is 30.7 Å². The number of carbonyl (C=O) groups excluding carboxylic acids is 1. The van der Waals surface area contributed by atoms with Gasteiger partial charge in [0.05, 0.1) is 21.2 Å². The van der Waals surface area contributed by atoms with Crippen LogP contribution in [0.2, 0.25) is 5.02 Å². The minimum Gasteiger partial charge on any atom is -0.744 e. The third kappa shape index (κ3) is 4.86. The van der Waals surface area contributed by atoms with Crippen molar-refractivity contribution >= 4 is 54.8 Å². The number of rotatable bonds is 6. The summed E-state index contributed by atoms with van der Waals surface area (Å²) in [6.45, 7) is 3.22. The van der Waals surface area contributed by atoms with Gasteiger partial charge in [-0.25, -0.2) is 16.8 Å². The number of amides is 1. The normalized spacial score (nSPS) is 17.3. The number of carbonyl (C=O) groups is 1. The second-order valence-corrected chi connectivity index (χ2v) is 9.81. The summed E-state index contributed by atoms with van der Waals surface area (Å²) >= 11 is 5.99. The molecule has 0 spiro atoms. The molecular formula is C18H15ClN4O7S2-2. The van der Waals surface area contributed by atoms with Crippen LogP contribution in [0, 0.1) is 0 Å². The second-order valence-electron chi connectivity index (χ2n) is 6.68. The van der Waals surface area contributed by atoms with Gasteiger partial charge in [-0.05, 0) is 49.2 Å². The summed E-state index contributed by atoms with van der Waals surface area (Å²) in [6, 6.07) is 5.74. The molecule has 11 nitrogen and oxygen atoms in total. The number of azo groups is 1. The van der Waals surface area contributed by atoms with Crippen LogP contribution >= 0.6 is 11.6 Å². The van der Waals surface area contributed by atoms with Crippen molar-refractivity contribution in [3.63, 3.8) is 0 Å². The second kappa shape index (κ2) is 8.67. The lowest BCUT2D eigenvalue weighted by Gasteiger charge is -2.15. The highest BCUT2D eigenvalue weighted by atomic mass is 35.5. The molecule has 0 aromatic heterocycles. The molecule has 0 fully saturated rings. The molecule has 0 radical (unpaired) electrons. The summed E-state index contributed by atoms with van der Waals surface area (Å²) in [4.78, 5) is 11.6. The van der Waals surface area contributed by atoms with Gasteiger partial charge in [0.25, 0.3) is 5.91 Å². The zero-order chi connectivity index (χ0) is 23.8. The van der Waals surface area contributed by atoms with E-state index in [-0.39, 0.29) is 22.1 Å². The van der Waals surface area contributed by atoms with Gasteiger partial charge in [0.1, 0.15) is 25.9 Å². The van der Waals surface area contributed by atoms with Crippen molar-refractivity contribution in [2.45, 2.75) is 36.1 Å². The molecule has 3 rings (SSSR count). The Labute approximate surface area is 188 Å². The van der Waals surface area contributed by atoms with Gasteiger partial charge in [0.15, 0.2) is 6.04 Å². The lowest BCUT2D eigenvalue weighted by atomic mass is 10.1. The Morgan fingerprint density at radius 2 is 1.81 bits per heavy atom. The zero-order valence-corrected chi connectivity index (χ0v) is 19.0. The maximum absolute atomic E-state index is 12.8. The fourth-order valence-electron chi connectivity index (χ4n) is 2.90. The fourth-order valence-corrected chi connectivity index (χ4v) is 4.39. The Bertz CT molecular complexity index is 1370. The number of aryl methyl sites for hydroxylation is 1. The van der Waals surface area contributed by atoms with E-state index in [1.165, 1.54) is 25.1 Å². The van der Waals surface area contributed by atoms with Crippen molar-refractivity contribution in [1.29, 1.82) is 0 Å². The van der Waals surface area contributed by atoms with Crippen LogP contribution < -0.4 is 5.01 Å². The van der Waals surface area contributed by atoms with E-state index in [0.717, 1.165) is 23.2 Å². The van der Waals surface area contributed by atoms with Crippen LogP contribution in [0.3, 0.4) is 0 Å². The predicted molar refractivity (Wildman–Crippen MR) is 112 cm³/mol. The number of benzene rings is 2. The lowest BCUT2D eigenvalue weighted by molar-refractivity contribution is -0.117. The molecule has 1 unspecified atom stereocenters. The molecule has 0 bridgehead atoms. The first kappa shape index (κ1) is 23.9. The zero-order valence-electron chi connectivity index (χ0n) is 16.6.